The van der Waals surface area contributed by atoms with Crippen LogP contribution in [-0.4, -0.2) is 56.3 Å². The Kier molecular flexibility index (Phi) is 3.36. The Hall–Kier alpha value is -1.45. The maximum absolute atomic E-state index is 9.91. The first-order valence-electron chi connectivity index (χ1n) is 7.65. The van der Waals surface area contributed by atoms with Crippen LogP contribution in [0.5, 0.6) is 0 Å². The van der Waals surface area contributed by atoms with Gasteiger partial charge in [0.05, 0.1) is 24.8 Å². The summed E-state index contributed by atoms with van der Waals surface area (Å²) in [5.74, 6) is -0.411. The van der Waals surface area contributed by atoms with Crippen LogP contribution in [0, 0.1) is 0 Å². The molecule has 9 heteroatoms. The Morgan fingerprint density at radius 1 is 1.46 bits per heavy atom. The topological polar surface area (TPSA) is 104 Å². The molecule has 0 aliphatic carbocycles. The third-order valence-corrected chi connectivity index (χ3v) is 5.17. The van der Waals surface area contributed by atoms with Crippen molar-refractivity contribution in [3.8, 4) is 0 Å². The van der Waals surface area contributed by atoms with E-state index in [1.165, 1.54) is 6.33 Å². The normalized spacial score (nSPS) is 34.8. The number of ether oxygens (including phenoxy) is 3. The van der Waals surface area contributed by atoms with Crippen LogP contribution in [0.15, 0.2) is 18.5 Å². The first-order chi connectivity index (χ1) is 11.4. The summed E-state index contributed by atoms with van der Waals surface area (Å²) in [6.07, 6.45) is 0.798. The second-order valence-electron chi connectivity index (χ2n) is 6.70. The summed E-state index contributed by atoms with van der Waals surface area (Å²) in [5, 5.41) is 14.2. The first-order valence-corrected chi connectivity index (χ1v) is 8.18. The van der Waals surface area contributed by atoms with Crippen molar-refractivity contribution in [3.63, 3.8) is 0 Å². The van der Waals surface area contributed by atoms with Gasteiger partial charge in [0.25, 0.3) is 0 Å². The molecular formula is C15H19ClN4O4. The van der Waals surface area contributed by atoms with Crippen molar-refractivity contribution in [2.75, 3.05) is 24.8 Å². The summed E-state index contributed by atoms with van der Waals surface area (Å²) in [7, 11) is 0. The van der Waals surface area contributed by atoms with Crippen molar-refractivity contribution < 1.29 is 19.3 Å². The van der Waals surface area contributed by atoms with E-state index in [1.807, 2.05) is 26.0 Å². The number of aromatic nitrogens is 3. The van der Waals surface area contributed by atoms with Gasteiger partial charge in [0.15, 0.2) is 17.2 Å². The van der Waals surface area contributed by atoms with Gasteiger partial charge in [-0.1, -0.05) is 0 Å². The Balaban J connectivity index is 1.92. The fourth-order valence-corrected chi connectivity index (χ4v) is 3.97. The molecule has 2 aromatic heterocycles. The predicted molar refractivity (Wildman–Crippen MR) is 85.6 cm³/mol. The zero-order chi connectivity index (χ0) is 17.2. The van der Waals surface area contributed by atoms with Gasteiger partial charge in [-0.25, -0.2) is 9.50 Å². The maximum Gasteiger partial charge on any atom is 0.166 e. The lowest BCUT2D eigenvalue weighted by atomic mass is 9.86. The highest BCUT2D eigenvalue weighted by Gasteiger charge is 2.68. The van der Waals surface area contributed by atoms with Crippen LogP contribution in [0.4, 0.5) is 5.82 Å². The molecule has 4 heterocycles. The van der Waals surface area contributed by atoms with Gasteiger partial charge in [0, 0.05) is 0 Å². The smallest absolute Gasteiger partial charge is 0.166 e. The lowest BCUT2D eigenvalue weighted by Crippen LogP contribution is -2.51. The summed E-state index contributed by atoms with van der Waals surface area (Å²) in [4.78, 5) is 4.00. The van der Waals surface area contributed by atoms with E-state index in [0.29, 0.717) is 11.3 Å². The van der Waals surface area contributed by atoms with Gasteiger partial charge in [-0.2, -0.15) is 5.10 Å². The van der Waals surface area contributed by atoms with Gasteiger partial charge in [-0.05, 0) is 26.0 Å². The minimum atomic E-state index is -1.04. The summed E-state index contributed by atoms with van der Waals surface area (Å²) >= 11 is 6.12. The molecule has 0 spiro atoms. The summed E-state index contributed by atoms with van der Waals surface area (Å²) < 4.78 is 19.9. The molecule has 2 aliphatic rings. The number of fused-ring (bicyclic) bond motifs is 2. The molecule has 2 aliphatic heterocycles. The van der Waals surface area contributed by atoms with Crippen molar-refractivity contribution in [2.24, 2.45) is 0 Å². The second-order valence-corrected chi connectivity index (χ2v) is 6.96. The Morgan fingerprint density at radius 2 is 2.25 bits per heavy atom. The third kappa shape index (κ3) is 1.94. The van der Waals surface area contributed by atoms with Gasteiger partial charge < -0.3 is 25.1 Å². The molecule has 0 saturated carbocycles. The molecule has 2 saturated heterocycles. The zero-order valence-corrected chi connectivity index (χ0v) is 14.2. The van der Waals surface area contributed by atoms with Gasteiger partial charge in [-0.15, -0.1) is 11.6 Å². The SMILES string of the molecule is CC1(C)O[C@@H]2[C@](CO)(CCl)OC[C@]2(c2ccc3c(N)ncnn23)O1. The van der Waals surface area contributed by atoms with Crippen molar-refractivity contribution in [2.45, 2.75) is 36.9 Å². The van der Waals surface area contributed by atoms with Gasteiger partial charge in [0.1, 0.15) is 23.5 Å². The molecule has 2 fully saturated rings. The fourth-order valence-electron chi connectivity index (χ4n) is 3.67. The van der Waals surface area contributed by atoms with Gasteiger partial charge >= 0.3 is 0 Å². The lowest BCUT2D eigenvalue weighted by Gasteiger charge is -2.31. The Bertz CT molecular complexity index is 791. The Morgan fingerprint density at radius 3 is 2.96 bits per heavy atom. The quantitative estimate of drug-likeness (QED) is 0.780. The predicted octanol–water partition coefficient (Wildman–Crippen LogP) is 0.658. The van der Waals surface area contributed by atoms with Crippen LogP contribution in [0.3, 0.4) is 0 Å². The molecule has 4 rings (SSSR count). The highest BCUT2D eigenvalue weighted by atomic mass is 35.5. The molecule has 0 aromatic carbocycles. The number of hydrogen-bond acceptors (Lipinski definition) is 7. The van der Waals surface area contributed by atoms with E-state index in [2.05, 4.69) is 10.1 Å². The monoisotopic (exact) mass is 354 g/mol. The minimum absolute atomic E-state index is 0.0792. The zero-order valence-electron chi connectivity index (χ0n) is 13.4. The lowest BCUT2D eigenvalue weighted by molar-refractivity contribution is -0.208. The number of alkyl halides is 1. The molecule has 3 N–H and O–H groups in total. The summed E-state index contributed by atoms with van der Waals surface area (Å²) in [5.41, 5.74) is 5.32. The van der Waals surface area contributed by atoms with Crippen molar-refractivity contribution in [1.82, 2.24) is 14.6 Å². The molecule has 0 unspecified atom stereocenters. The molecule has 0 bridgehead atoms. The van der Waals surface area contributed by atoms with E-state index in [-0.39, 0.29) is 19.1 Å². The number of nitrogens with two attached hydrogens (primary N) is 1. The molecule has 2 aromatic rings. The number of halogens is 1. The number of anilines is 1. The molecule has 3 atom stereocenters. The number of nitrogens with zero attached hydrogens (tertiary/aromatic N) is 3. The average molecular weight is 355 g/mol. The summed E-state index contributed by atoms with van der Waals surface area (Å²) in [6.45, 7) is 3.55. The Labute approximate surface area is 143 Å². The maximum atomic E-state index is 9.91. The molecule has 130 valence electrons. The number of nitrogen functional groups attached to an aromatic ring is 1. The number of hydrogen-bond donors (Lipinski definition) is 2. The van der Waals surface area contributed by atoms with Crippen LogP contribution in [0.1, 0.15) is 19.5 Å². The molecular weight excluding hydrogens is 336 g/mol. The van der Waals surface area contributed by atoms with E-state index in [9.17, 15) is 5.11 Å². The molecule has 24 heavy (non-hydrogen) atoms. The molecule has 8 nitrogen and oxygen atoms in total. The van der Waals surface area contributed by atoms with E-state index >= 15 is 0 Å². The third-order valence-electron chi connectivity index (χ3n) is 4.71. The average Bonchev–Trinajstić information content (AvgIpc) is 3.17. The number of aliphatic hydroxyl groups excluding tert-OH is 1. The number of aliphatic hydroxyl groups is 1. The van der Waals surface area contributed by atoms with Crippen LogP contribution >= 0.6 is 11.6 Å². The molecule has 0 radical (unpaired) electrons. The van der Waals surface area contributed by atoms with Crippen LogP contribution in [-0.2, 0) is 19.8 Å². The highest BCUT2D eigenvalue weighted by molar-refractivity contribution is 6.18. The highest BCUT2D eigenvalue weighted by Crippen LogP contribution is 2.53. The van der Waals surface area contributed by atoms with Gasteiger partial charge in [-0.3, -0.25) is 0 Å². The standard InChI is InChI=1S/C15H19ClN4O4/c1-13(2)23-12-14(5-16,6-21)22-7-15(12,24-13)10-4-3-9-11(17)18-8-19-20(9)10/h3-4,8,12,21H,5-7H2,1-2H3,(H2,17,18,19)/t12-,14-,15-/m1/s1. The fraction of sp³-hybridized carbons (Fsp3) is 0.600. The minimum Gasteiger partial charge on any atom is -0.393 e. The van der Waals surface area contributed by atoms with E-state index < -0.39 is 23.1 Å². The van der Waals surface area contributed by atoms with Crippen LogP contribution in [0.25, 0.3) is 5.52 Å². The molecule has 0 amide bonds. The van der Waals surface area contributed by atoms with E-state index in [0.717, 1.165) is 5.69 Å². The largest absolute Gasteiger partial charge is 0.393 e. The first kappa shape index (κ1) is 16.0. The number of rotatable bonds is 3. The van der Waals surface area contributed by atoms with E-state index in [4.69, 9.17) is 31.5 Å². The van der Waals surface area contributed by atoms with Crippen molar-refractivity contribution in [3.05, 3.63) is 24.2 Å². The van der Waals surface area contributed by atoms with Crippen LogP contribution < -0.4 is 5.73 Å². The van der Waals surface area contributed by atoms with E-state index in [1.54, 1.807) is 4.52 Å². The second kappa shape index (κ2) is 5.03. The van der Waals surface area contributed by atoms with Gasteiger partial charge in [0.2, 0.25) is 0 Å². The van der Waals surface area contributed by atoms with Crippen molar-refractivity contribution in [1.29, 1.82) is 0 Å². The van der Waals surface area contributed by atoms with Crippen LogP contribution in [0.2, 0.25) is 0 Å². The summed E-state index contributed by atoms with van der Waals surface area (Å²) in [6, 6.07) is 3.69. The van der Waals surface area contributed by atoms with Crippen molar-refractivity contribution >= 4 is 22.9 Å².